The van der Waals surface area contributed by atoms with Gasteiger partial charge in [0.2, 0.25) is 0 Å². The minimum atomic E-state index is -1.17. The first-order chi connectivity index (χ1) is 11.4. The van der Waals surface area contributed by atoms with Gasteiger partial charge in [0.15, 0.2) is 4.80 Å². The number of nitrogens with one attached hydrogen (secondary N) is 1. The normalized spacial score (nSPS) is 21.2. The minimum absolute atomic E-state index is 0.384. The van der Waals surface area contributed by atoms with Crippen molar-refractivity contribution in [1.29, 1.82) is 0 Å². The van der Waals surface area contributed by atoms with Crippen LogP contribution in [0.4, 0.5) is 4.79 Å². The molecule has 0 bridgehead atoms. The van der Waals surface area contributed by atoms with E-state index in [0.29, 0.717) is 10.4 Å². The van der Waals surface area contributed by atoms with Gasteiger partial charge in [-0.25, -0.2) is 4.79 Å². The number of carbonyl (C=O) groups excluding carboxylic acids is 3. The zero-order valence-electron chi connectivity index (χ0n) is 13.2. The number of thiazole rings is 1. The van der Waals surface area contributed by atoms with E-state index in [9.17, 15) is 14.4 Å². The number of nitrogens with zero attached hydrogens (tertiary/aromatic N) is 3. The van der Waals surface area contributed by atoms with Gasteiger partial charge in [-0.3, -0.25) is 14.5 Å². The molecule has 1 aromatic heterocycles. The number of aryl methyl sites for hydroxylation is 1. The molecule has 1 aromatic carbocycles. The maximum absolute atomic E-state index is 12.7. The van der Waals surface area contributed by atoms with E-state index in [2.05, 4.69) is 10.3 Å². The van der Waals surface area contributed by atoms with Gasteiger partial charge in [-0.2, -0.15) is 4.99 Å². The standard InChI is InChI=1S/C16H16N4O3S/c1-16(11-6-4-3-5-7-11)13(22)20(14(23)18-16)10-12(21)17-15-19(2)8-9-24-15/h3-9H,10H2,1-2H3,(H,18,23). The molecule has 1 fully saturated rings. The van der Waals surface area contributed by atoms with Crippen LogP contribution in [0.3, 0.4) is 0 Å². The molecule has 124 valence electrons. The summed E-state index contributed by atoms with van der Waals surface area (Å²) < 4.78 is 1.70. The van der Waals surface area contributed by atoms with Gasteiger partial charge in [0.1, 0.15) is 12.1 Å². The lowest BCUT2D eigenvalue weighted by molar-refractivity contribution is -0.134. The number of rotatable bonds is 3. The van der Waals surface area contributed by atoms with Crippen molar-refractivity contribution in [2.24, 2.45) is 12.0 Å². The highest BCUT2D eigenvalue weighted by atomic mass is 32.1. The molecule has 0 saturated carbocycles. The highest BCUT2D eigenvalue weighted by molar-refractivity contribution is 7.07. The second-order valence-electron chi connectivity index (χ2n) is 5.61. The molecule has 1 atom stereocenters. The van der Waals surface area contributed by atoms with Gasteiger partial charge >= 0.3 is 6.03 Å². The smallest absolute Gasteiger partial charge is 0.325 e. The molecule has 3 rings (SSSR count). The maximum Gasteiger partial charge on any atom is 0.325 e. The summed E-state index contributed by atoms with van der Waals surface area (Å²) >= 11 is 1.31. The monoisotopic (exact) mass is 344 g/mol. The number of hydrogen-bond acceptors (Lipinski definition) is 4. The molecule has 1 unspecified atom stereocenters. The fourth-order valence-electron chi connectivity index (χ4n) is 2.52. The zero-order chi connectivity index (χ0) is 17.3. The summed E-state index contributed by atoms with van der Waals surface area (Å²) in [5.74, 6) is -1.01. The summed E-state index contributed by atoms with van der Waals surface area (Å²) in [6.45, 7) is 1.24. The van der Waals surface area contributed by atoms with E-state index in [1.165, 1.54) is 11.3 Å². The molecular weight excluding hydrogens is 328 g/mol. The summed E-state index contributed by atoms with van der Waals surface area (Å²) in [7, 11) is 1.77. The third-order valence-corrected chi connectivity index (χ3v) is 4.75. The Morgan fingerprint density at radius 2 is 2.00 bits per heavy atom. The third kappa shape index (κ3) is 2.76. The molecule has 0 radical (unpaired) electrons. The van der Waals surface area contributed by atoms with E-state index in [4.69, 9.17) is 0 Å². The molecule has 1 aliphatic heterocycles. The third-order valence-electron chi connectivity index (χ3n) is 3.90. The van der Waals surface area contributed by atoms with Crippen molar-refractivity contribution in [2.75, 3.05) is 6.54 Å². The number of hydrogen-bond donors (Lipinski definition) is 1. The Balaban J connectivity index is 1.83. The molecule has 2 heterocycles. The van der Waals surface area contributed by atoms with Gasteiger partial charge < -0.3 is 9.88 Å². The minimum Gasteiger partial charge on any atom is -0.327 e. The van der Waals surface area contributed by atoms with Crippen molar-refractivity contribution < 1.29 is 14.4 Å². The summed E-state index contributed by atoms with van der Waals surface area (Å²) in [5.41, 5.74) is -0.508. The van der Waals surface area contributed by atoms with Crippen molar-refractivity contribution >= 4 is 29.2 Å². The Hall–Kier alpha value is -2.74. The number of benzene rings is 1. The van der Waals surface area contributed by atoms with Crippen molar-refractivity contribution in [3.8, 4) is 0 Å². The number of amides is 4. The molecular formula is C16H16N4O3S. The van der Waals surface area contributed by atoms with E-state index in [0.717, 1.165) is 4.90 Å². The predicted molar refractivity (Wildman–Crippen MR) is 87.9 cm³/mol. The summed E-state index contributed by atoms with van der Waals surface area (Å²) in [6.07, 6.45) is 1.77. The first-order valence-electron chi connectivity index (χ1n) is 7.29. The Bertz CT molecular complexity index is 871. The van der Waals surface area contributed by atoms with E-state index in [-0.39, 0.29) is 6.54 Å². The molecule has 0 spiro atoms. The zero-order valence-corrected chi connectivity index (χ0v) is 14.0. The lowest BCUT2D eigenvalue weighted by atomic mass is 9.92. The van der Waals surface area contributed by atoms with E-state index in [1.54, 1.807) is 54.4 Å². The van der Waals surface area contributed by atoms with Crippen LogP contribution in [0.15, 0.2) is 46.9 Å². The number of aromatic nitrogens is 1. The van der Waals surface area contributed by atoms with Crippen LogP contribution in [-0.4, -0.2) is 33.9 Å². The largest absolute Gasteiger partial charge is 0.327 e. The van der Waals surface area contributed by atoms with Gasteiger partial charge in [-0.05, 0) is 12.5 Å². The van der Waals surface area contributed by atoms with Gasteiger partial charge in [-0.15, -0.1) is 11.3 Å². The Morgan fingerprint density at radius 3 is 2.62 bits per heavy atom. The Morgan fingerprint density at radius 1 is 1.29 bits per heavy atom. The Kier molecular flexibility index (Phi) is 4.06. The number of imide groups is 1. The van der Waals surface area contributed by atoms with E-state index >= 15 is 0 Å². The average Bonchev–Trinajstić information content (AvgIpc) is 3.05. The van der Waals surface area contributed by atoms with Crippen molar-refractivity contribution in [3.63, 3.8) is 0 Å². The van der Waals surface area contributed by atoms with Crippen molar-refractivity contribution in [1.82, 2.24) is 14.8 Å². The summed E-state index contributed by atoms with van der Waals surface area (Å²) in [4.78, 5) is 42.3. The lowest BCUT2D eigenvalue weighted by Crippen LogP contribution is -2.41. The van der Waals surface area contributed by atoms with Crippen LogP contribution in [0.25, 0.3) is 0 Å². The highest BCUT2D eigenvalue weighted by Crippen LogP contribution is 2.28. The molecule has 24 heavy (non-hydrogen) atoms. The van der Waals surface area contributed by atoms with Gasteiger partial charge in [0.05, 0.1) is 0 Å². The topological polar surface area (TPSA) is 83.8 Å². The van der Waals surface area contributed by atoms with Crippen LogP contribution in [0.1, 0.15) is 12.5 Å². The fourth-order valence-corrected chi connectivity index (χ4v) is 3.27. The predicted octanol–water partition coefficient (Wildman–Crippen LogP) is 0.981. The lowest BCUT2D eigenvalue weighted by Gasteiger charge is -2.21. The van der Waals surface area contributed by atoms with Crippen molar-refractivity contribution in [3.05, 3.63) is 52.3 Å². The van der Waals surface area contributed by atoms with Crippen LogP contribution in [0.5, 0.6) is 0 Å². The van der Waals surface area contributed by atoms with Gasteiger partial charge in [0.25, 0.3) is 11.8 Å². The molecule has 1 aliphatic rings. The number of carbonyl (C=O) groups is 3. The van der Waals surface area contributed by atoms with Gasteiger partial charge in [0, 0.05) is 18.6 Å². The van der Waals surface area contributed by atoms with Crippen LogP contribution in [0, 0.1) is 0 Å². The molecule has 1 saturated heterocycles. The molecule has 0 aliphatic carbocycles. The van der Waals surface area contributed by atoms with Crippen LogP contribution < -0.4 is 10.1 Å². The average molecular weight is 344 g/mol. The highest BCUT2D eigenvalue weighted by Gasteiger charge is 2.49. The first-order valence-corrected chi connectivity index (χ1v) is 8.17. The molecule has 2 aromatic rings. The molecule has 7 nitrogen and oxygen atoms in total. The van der Waals surface area contributed by atoms with Crippen LogP contribution in [0.2, 0.25) is 0 Å². The quantitative estimate of drug-likeness (QED) is 0.843. The Labute approximate surface area is 142 Å². The van der Waals surface area contributed by atoms with E-state index < -0.39 is 23.4 Å². The second kappa shape index (κ2) is 6.04. The van der Waals surface area contributed by atoms with E-state index in [1.807, 2.05) is 6.07 Å². The first kappa shape index (κ1) is 16.1. The number of urea groups is 1. The SMILES string of the molecule is Cn1ccsc1=NC(=O)CN1C(=O)NC(C)(c2ccccc2)C1=O. The fraction of sp³-hybridized carbons (Fsp3) is 0.250. The summed E-state index contributed by atoms with van der Waals surface area (Å²) in [5, 5.41) is 4.46. The van der Waals surface area contributed by atoms with Crippen LogP contribution in [-0.2, 0) is 22.2 Å². The van der Waals surface area contributed by atoms with Gasteiger partial charge in [-0.1, -0.05) is 30.3 Å². The van der Waals surface area contributed by atoms with Crippen molar-refractivity contribution in [2.45, 2.75) is 12.5 Å². The second-order valence-corrected chi connectivity index (χ2v) is 6.49. The molecule has 1 N–H and O–H groups in total. The van der Waals surface area contributed by atoms with Crippen LogP contribution >= 0.6 is 11.3 Å². The molecule has 8 heteroatoms. The molecule has 4 amide bonds. The maximum atomic E-state index is 12.7. The summed E-state index contributed by atoms with van der Waals surface area (Å²) in [6, 6.07) is 8.35.